The summed E-state index contributed by atoms with van der Waals surface area (Å²) in [5.74, 6) is 1.81. The Morgan fingerprint density at radius 2 is 1.61 bits per heavy atom. The largest absolute Gasteiger partial charge is 0.354 e. The number of hydrogen-bond acceptors (Lipinski definition) is 5. The van der Waals surface area contributed by atoms with Crippen molar-refractivity contribution in [2.45, 2.75) is 44.1 Å². The van der Waals surface area contributed by atoms with Crippen molar-refractivity contribution >= 4 is 22.7 Å². The molecule has 6 heteroatoms. The second-order valence-corrected chi connectivity index (χ2v) is 9.85. The molecule has 0 atom stereocenters. The molecule has 0 bridgehead atoms. The lowest BCUT2D eigenvalue weighted by atomic mass is 9.84. The van der Waals surface area contributed by atoms with Gasteiger partial charge in [0.2, 0.25) is 0 Å². The van der Waals surface area contributed by atoms with Crippen molar-refractivity contribution in [2.75, 3.05) is 44.2 Å². The number of piperazine rings is 1. The molecule has 172 valence electrons. The number of aromatic nitrogens is 1. The molecule has 2 aliphatic heterocycles. The lowest BCUT2D eigenvalue weighted by Gasteiger charge is -2.48. The van der Waals surface area contributed by atoms with E-state index in [-0.39, 0.29) is 5.91 Å². The highest BCUT2D eigenvalue weighted by molar-refractivity contribution is 5.95. The number of rotatable bonds is 4. The number of fused-ring (bicyclic) bond motifs is 1. The standard InChI is InChI=1S/C27H32N4O2/c32-27(22-12-10-21(11-13-22)20-6-2-1-3-7-20)31-18-23(19-31)29-14-16-30(17-15-29)26-24-8-4-5-9-25(24)33-28-26/h4-5,8-13,20,23H,1-3,6-7,14-19H2. The van der Waals surface area contributed by atoms with Crippen LogP contribution in [0.2, 0.25) is 0 Å². The SMILES string of the molecule is O=C(c1ccc(C2CCCCC2)cc1)N1CC(N2CCN(c3noc4ccccc34)CC2)C1. The number of carbonyl (C=O) groups is 1. The van der Waals surface area contributed by atoms with Gasteiger partial charge in [0, 0.05) is 50.9 Å². The predicted molar refractivity (Wildman–Crippen MR) is 130 cm³/mol. The molecule has 1 aromatic heterocycles. The van der Waals surface area contributed by atoms with E-state index in [1.807, 2.05) is 35.2 Å². The summed E-state index contributed by atoms with van der Waals surface area (Å²) in [6.07, 6.45) is 6.63. The molecular formula is C27H32N4O2. The number of carbonyl (C=O) groups excluding carboxylic acids is 1. The van der Waals surface area contributed by atoms with Gasteiger partial charge in [-0.3, -0.25) is 9.69 Å². The minimum Gasteiger partial charge on any atom is -0.354 e. The van der Waals surface area contributed by atoms with Gasteiger partial charge in [-0.25, -0.2) is 0 Å². The third kappa shape index (κ3) is 4.01. The molecule has 33 heavy (non-hydrogen) atoms. The first-order valence-corrected chi connectivity index (χ1v) is 12.5. The van der Waals surface area contributed by atoms with Crippen LogP contribution in [0.15, 0.2) is 53.1 Å². The Morgan fingerprint density at radius 3 is 2.36 bits per heavy atom. The minimum atomic E-state index is 0.175. The first-order valence-electron chi connectivity index (χ1n) is 12.5. The van der Waals surface area contributed by atoms with Crippen LogP contribution in [0.25, 0.3) is 11.0 Å². The molecule has 1 aliphatic carbocycles. The second-order valence-electron chi connectivity index (χ2n) is 9.85. The lowest BCUT2D eigenvalue weighted by Crippen LogP contribution is -2.64. The summed E-state index contributed by atoms with van der Waals surface area (Å²) >= 11 is 0. The van der Waals surface area contributed by atoms with Gasteiger partial charge in [-0.15, -0.1) is 0 Å². The number of anilines is 1. The fraction of sp³-hybridized carbons (Fsp3) is 0.481. The molecule has 1 amide bonds. The first-order chi connectivity index (χ1) is 16.3. The van der Waals surface area contributed by atoms with Gasteiger partial charge in [-0.1, -0.05) is 48.7 Å². The summed E-state index contributed by atoms with van der Waals surface area (Å²) in [6.45, 7) is 5.51. The van der Waals surface area contributed by atoms with E-state index in [1.165, 1.54) is 37.7 Å². The van der Waals surface area contributed by atoms with Gasteiger partial charge in [0.15, 0.2) is 11.4 Å². The monoisotopic (exact) mass is 444 g/mol. The number of likely N-dealkylation sites (tertiary alicyclic amines) is 1. The van der Waals surface area contributed by atoms with Gasteiger partial charge >= 0.3 is 0 Å². The Morgan fingerprint density at radius 1 is 0.879 bits per heavy atom. The van der Waals surface area contributed by atoms with Crippen LogP contribution in [-0.2, 0) is 0 Å². The topological polar surface area (TPSA) is 52.8 Å². The lowest BCUT2D eigenvalue weighted by molar-refractivity contribution is 0.0246. The smallest absolute Gasteiger partial charge is 0.253 e. The van der Waals surface area contributed by atoms with Gasteiger partial charge in [0.1, 0.15) is 0 Å². The predicted octanol–water partition coefficient (Wildman–Crippen LogP) is 4.52. The zero-order chi connectivity index (χ0) is 22.2. The van der Waals surface area contributed by atoms with Gasteiger partial charge in [-0.05, 0) is 48.6 Å². The van der Waals surface area contributed by atoms with E-state index >= 15 is 0 Å². The maximum atomic E-state index is 13.0. The van der Waals surface area contributed by atoms with Crippen molar-refractivity contribution < 1.29 is 9.32 Å². The maximum Gasteiger partial charge on any atom is 0.253 e. The van der Waals surface area contributed by atoms with Crippen molar-refractivity contribution in [1.82, 2.24) is 15.0 Å². The van der Waals surface area contributed by atoms with Crippen molar-refractivity contribution in [3.05, 3.63) is 59.7 Å². The number of amides is 1. The van der Waals surface area contributed by atoms with Crippen molar-refractivity contribution in [3.8, 4) is 0 Å². The summed E-state index contributed by atoms with van der Waals surface area (Å²) in [6, 6.07) is 17.0. The molecule has 3 aromatic rings. The molecular weight excluding hydrogens is 412 g/mol. The Hall–Kier alpha value is -2.86. The second kappa shape index (κ2) is 8.82. The third-order valence-corrected chi connectivity index (χ3v) is 7.87. The normalized spacial score (nSPS) is 20.8. The molecule has 2 aromatic carbocycles. The van der Waals surface area contributed by atoms with E-state index in [4.69, 9.17) is 4.52 Å². The zero-order valence-corrected chi connectivity index (χ0v) is 19.2. The van der Waals surface area contributed by atoms with Crippen LogP contribution in [0.4, 0.5) is 5.82 Å². The van der Waals surface area contributed by atoms with Crippen molar-refractivity contribution in [3.63, 3.8) is 0 Å². The number of benzene rings is 2. The van der Waals surface area contributed by atoms with E-state index in [0.717, 1.165) is 61.6 Å². The average Bonchev–Trinajstić information content (AvgIpc) is 3.28. The van der Waals surface area contributed by atoms with Crippen LogP contribution in [0.5, 0.6) is 0 Å². The molecule has 0 spiro atoms. The number of para-hydroxylation sites is 1. The molecule has 3 heterocycles. The molecule has 0 radical (unpaired) electrons. The van der Waals surface area contributed by atoms with Crippen molar-refractivity contribution in [2.24, 2.45) is 0 Å². The molecule has 0 unspecified atom stereocenters. The molecule has 6 nitrogen and oxygen atoms in total. The number of hydrogen-bond donors (Lipinski definition) is 0. The molecule has 3 aliphatic rings. The fourth-order valence-electron chi connectivity index (χ4n) is 5.77. The Kier molecular flexibility index (Phi) is 5.54. The van der Waals surface area contributed by atoms with Crippen LogP contribution in [-0.4, -0.2) is 66.2 Å². The van der Waals surface area contributed by atoms with Crippen LogP contribution in [0, 0.1) is 0 Å². The van der Waals surface area contributed by atoms with E-state index in [2.05, 4.69) is 33.2 Å². The van der Waals surface area contributed by atoms with Crippen LogP contribution < -0.4 is 4.90 Å². The first kappa shape index (κ1) is 20.7. The summed E-state index contributed by atoms with van der Waals surface area (Å²) in [7, 11) is 0. The van der Waals surface area contributed by atoms with Crippen LogP contribution >= 0.6 is 0 Å². The molecule has 3 fully saturated rings. The van der Waals surface area contributed by atoms with E-state index < -0.39 is 0 Å². The van der Waals surface area contributed by atoms with E-state index in [9.17, 15) is 4.79 Å². The minimum absolute atomic E-state index is 0.175. The Balaban J connectivity index is 1.01. The Bertz CT molecular complexity index is 1100. The highest BCUT2D eigenvalue weighted by atomic mass is 16.5. The molecule has 0 N–H and O–H groups in total. The zero-order valence-electron chi connectivity index (χ0n) is 19.2. The Labute approximate surface area is 195 Å². The fourth-order valence-corrected chi connectivity index (χ4v) is 5.77. The molecule has 6 rings (SSSR count). The van der Waals surface area contributed by atoms with Gasteiger partial charge < -0.3 is 14.3 Å². The third-order valence-electron chi connectivity index (χ3n) is 7.87. The quantitative estimate of drug-likeness (QED) is 0.592. The van der Waals surface area contributed by atoms with Crippen molar-refractivity contribution in [1.29, 1.82) is 0 Å². The van der Waals surface area contributed by atoms with E-state index in [1.54, 1.807) is 0 Å². The summed E-state index contributed by atoms with van der Waals surface area (Å²) in [4.78, 5) is 19.8. The summed E-state index contributed by atoms with van der Waals surface area (Å²) in [5.41, 5.74) is 3.08. The van der Waals surface area contributed by atoms with E-state index in [0.29, 0.717) is 12.0 Å². The van der Waals surface area contributed by atoms with Crippen LogP contribution in [0.1, 0.15) is 53.9 Å². The van der Waals surface area contributed by atoms with Gasteiger partial charge in [0.25, 0.3) is 5.91 Å². The summed E-state index contributed by atoms with van der Waals surface area (Å²) < 4.78 is 5.48. The average molecular weight is 445 g/mol. The maximum absolute atomic E-state index is 13.0. The molecule has 2 saturated heterocycles. The highest BCUT2D eigenvalue weighted by Crippen LogP contribution is 2.33. The molecule has 1 saturated carbocycles. The van der Waals surface area contributed by atoms with Gasteiger partial charge in [0.05, 0.1) is 5.39 Å². The van der Waals surface area contributed by atoms with Crippen LogP contribution in [0.3, 0.4) is 0 Å². The summed E-state index contributed by atoms with van der Waals surface area (Å²) in [5, 5.41) is 5.39. The highest BCUT2D eigenvalue weighted by Gasteiger charge is 2.36. The number of nitrogens with zero attached hydrogens (tertiary/aromatic N) is 4. The van der Waals surface area contributed by atoms with Gasteiger partial charge in [-0.2, -0.15) is 0 Å².